The number of carbonyl (C=O) groups excluding carboxylic acids is 2. The molecule has 34 heavy (non-hydrogen) atoms. The number of benzene rings is 2. The third-order valence-corrected chi connectivity index (χ3v) is 7.71. The van der Waals surface area contributed by atoms with Gasteiger partial charge in [0.1, 0.15) is 18.9 Å². The van der Waals surface area contributed by atoms with Crippen molar-refractivity contribution in [3.8, 4) is 5.75 Å². The number of hydrogen-bond donors (Lipinski definition) is 0. The first-order chi connectivity index (χ1) is 16.6. The molecule has 5 rings (SSSR count). The van der Waals surface area contributed by atoms with Gasteiger partial charge in [-0.25, -0.2) is 0 Å². The lowest BCUT2D eigenvalue weighted by Gasteiger charge is -2.37. The molecule has 5 nitrogen and oxygen atoms in total. The molecule has 1 atom stereocenters. The molecule has 0 N–H and O–H groups in total. The fourth-order valence-electron chi connectivity index (χ4n) is 4.61. The number of fused-ring (bicyclic) bond motifs is 1. The van der Waals surface area contributed by atoms with Gasteiger partial charge in [0.2, 0.25) is 5.91 Å². The van der Waals surface area contributed by atoms with Gasteiger partial charge in [0, 0.05) is 23.5 Å². The second-order valence-corrected chi connectivity index (χ2v) is 10.2. The number of rotatable bonds is 8. The second-order valence-electron chi connectivity index (χ2n) is 9.22. The van der Waals surface area contributed by atoms with E-state index in [2.05, 4.69) is 11.4 Å². The summed E-state index contributed by atoms with van der Waals surface area (Å²) in [5.41, 5.74) is 2.88. The average Bonchev–Trinajstić information content (AvgIpc) is 3.55. The summed E-state index contributed by atoms with van der Waals surface area (Å²) in [5.74, 6) is 1.26. The summed E-state index contributed by atoms with van der Waals surface area (Å²) >= 11 is 1.74. The SMILES string of the molecule is Cc1ccccc1OC[C@@H]1c2ccsc2CCN1C(=O)CN(CC1CC1)C(=O)c1ccccc1. The highest BCUT2D eigenvalue weighted by molar-refractivity contribution is 7.10. The van der Waals surface area contributed by atoms with Crippen LogP contribution in [0.4, 0.5) is 0 Å². The quantitative estimate of drug-likeness (QED) is 0.456. The van der Waals surface area contributed by atoms with Crippen molar-refractivity contribution in [1.29, 1.82) is 0 Å². The van der Waals surface area contributed by atoms with Gasteiger partial charge in [0.05, 0.1) is 6.04 Å². The lowest BCUT2D eigenvalue weighted by atomic mass is 10.00. The fraction of sp³-hybridized carbons (Fsp3) is 0.357. The Morgan fingerprint density at radius 2 is 1.82 bits per heavy atom. The number of thiophene rings is 1. The molecule has 1 aliphatic carbocycles. The summed E-state index contributed by atoms with van der Waals surface area (Å²) in [6.45, 7) is 3.81. The van der Waals surface area contributed by atoms with Crippen molar-refractivity contribution in [2.45, 2.75) is 32.2 Å². The number of ether oxygens (including phenoxy) is 1. The fourth-order valence-corrected chi connectivity index (χ4v) is 5.54. The molecule has 0 bridgehead atoms. The Hall–Kier alpha value is -3.12. The molecule has 2 aliphatic rings. The van der Waals surface area contributed by atoms with Crippen molar-refractivity contribution >= 4 is 23.2 Å². The molecule has 0 saturated heterocycles. The van der Waals surface area contributed by atoms with Crippen LogP contribution in [0.15, 0.2) is 66.0 Å². The Kier molecular flexibility index (Phi) is 6.68. The van der Waals surface area contributed by atoms with Gasteiger partial charge >= 0.3 is 0 Å². The Bertz CT molecular complexity index is 1160. The minimum Gasteiger partial charge on any atom is -0.491 e. The van der Waals surface area contributed by atoms with Crippen LogP contribution in [-0.2, 0) is 11.2 Å². The van der Waals surface area contributed by atoms with E-state index in [9.17, 15) is 9.59 Å². The van der Waals surface area contributed by atoms with E-state index in [0.29, 0.717) is 31.2 Å². The molecular weight excluding hydrogens is 444 g/mol. The lowest BCUT2D eigenvalue weighted by molar-refractivity contribution is -0.135. The molecule has 1 saturated carbocycles. The van der Waals surface area contributed by atoms with E-state index in [4.69, 9.17) is 4.74 Å². The van der Waals surface area contributed by atoms with Gasteiger partial charge in [0.15, 0.2) is 0 Å². The monoisotopic (exact) mass is 474 g/mol. The molecule has 1 fully saturated rings. The van der Waals surface area contributed by atoms with Gasteiger partial charge in [-0.2, -0.15) is 0 Å². The van der Waals surface area contributed by atoms with E-state index in [1.165, 1.54) is 10.4 Å². The number of carbonyl (C=O) groups is 2. The maximum Gasteiger partial charge on any atom is 0.254 e. The molecule has 1 aromatic heterocycles. The van der Waals surface area contributed by atoms with Crippen LogP contribution in [0.3, 0.4) is 0 Å². The minimum atomic E-state index is -0.156. The first-order valence-electron chi connectivity index (χ1n) is 12.0. The third kappa shape index (κ3) is 5.02. The molecule has 176 valence electrons. The van der Waals surface area contributed by atoms with E-state index in [0.717, 1.165) is 30.6 Å². The zero-order valence-electron chi connectivity index (χ0n) is 19.5. The number of aryl methyl sites for hydroxylation is 1. The molecule has 3 aromatic rings. The zero-order valence-corrected chi connectivity index (χ0v) is 20.3. The van der Waals surface area contributed by atoms with Crippen LogP contribution in [0.25, 0.3) is 0 Å². The van der Waals surface area contributed by atoms with Crippen LogP contribution in [0, 0.1) is 12.8 Å². The van der Waals surface area contributed by atoms with Crippen molar-refractivity contribution in [3.05, 3.63) is 87.6 Å². The summed E-state index contributed by atoms with van der Waals surface area (Å²) in [5, 5.41) is 2.09. The van der Waals surface area contributed by atoms with Crippen molar-refractivity contribution in [2.24, 2.45) is 5.92 Å². The number of hydrogen-bond acceptors (Lipinski definition) is 4. The van der Waals surface area contributed by atoms with Gasteiger partial charge in [-0.1, -0.05) is 36.4 Å². The van der Waals surface area contributed by atoms with Crippen molar-refractivity contribution in [3.63, 3.8) is 0 Å². The van der Waals surface area contributed by atoms with Gasteiger partial charge in [0.25, 0.3) is 5.91 Å². The first-order valence-corrected chi connectivity index (χ1v) is 12.9. The van der Waals surface area contributed by atoms with Gasteiger partial charge in [-0.15, -0.1) is 11.3 Å². The summed E-state index contributed by atoms with van der Waals surface area (Å²) in [6, 6.07) is 19.2. The Morgan fingerprint density at radius 3 is 2.59 bits per heavy atom. The standard InChI is InChI=1S/C28H30N2O3S/c1-20-7-5-6-10-25(20)33-19-24-23-14-16-34-26(23)13-15-30(24)27(31)18-29(17-21-11-12-21)28(32)22-8-3-2-4-9-22/h2-10,14,16,21,24H,11-13,15,17-19H2,1H3/t24-/m1/s1. The Labute approximate surface area is 205 Å². The van der Waals surface area contributed by atoms with Gasteiger partial charge < -0.3 is 14.5 Å². The molecule has 2 amide bonds. The van der Waals surface area contributed by atoms with Gasteiger partial charge in [-0.05, 0) is 72.9 Å². The van der Waals surface area contributed by atoms with Crippen molar-refractivity contribution in [2.75, 3.05) is 26.2 Å². The molecule has 0 radical (unpaired) electrons. The largest absolute Gasteiger partial charge is 0.491 e. The average molecular weight is 475 g/mol. The first kappa shape index (κ1) is 22.7. The summed E-state index contributed by atoms with van der Waals surface area (Å²) in [4.78, 5) is 31.9. The molecule has 1 aliphatic heterocycles. The summed E-state index contributed by atoms with van der Waals surface area (Å²) < 4.78 is 6.21. The van der Waals surface area contributed by atoms with Crippen molar-refractivity contribution in [1.82, 2.24) is 9.80 Å². The van der Waals surface area contributed by atoms with Crippen LogP contribution < -0.4 is 4.74 Å². The molecular formula is C28H30N2O3S. The third-order valence-electron chi connectivity index (χ3n) is 6.72. The van der Waals surface area contributed by atoms with Crippen LogP contribution in [0.1, 0.15) is 45.2 Å². The van der Waals surface area contributed by atoms with E-state index in [-0.39, 0.29) is 24.4 Å². The van der Waals surface area contributed by atoms with E-state index in [1.54, 1.807) is 16.2 Å². The molecule has 6 heteroatoms. The number of para-hydroxylation sites is 1. The maximum absolute atomic E-state index is 13.6. The predicted molar refractivity (Wildman–Crippen MR) is 134 cm³/mol. The zero-order chi connectivity index (χ0) is 23.5. The van der Waals surface area contributed by atoms with Crippen LogP contribution in [0.2, 0.25) is 0 Å². The van der Waals surface area contributed by atoms with E-state index in [1.807, 2.05) is 66.4 Å². The molecule has 2 aromatic carbocycles. The maximum atomic E-state index is 13.6. The van der Waals surface area contributed by atoms with E-state index >= 15 is 0 Å². The van der Waals surface area contributed by atoms with Crippen LogP contribution in [0.5, 0.6) is 5.75 Å². The highest BCUT2D eigenvalue weighted by Crippen LogP contribution is 2.35. The number of amides is 2. The Morgan fingerprint density at radius 1 is 1.06 bits per heavy atom. The highest BCUT2D eigenvalue weighted by Gasteiger charge is 2.35. The summed E-state index contributed by atoms with van der Waals surface area (Å²) in [7, 11) is 0. The lowest BCUT2D eigenvalue weighted by Crippen LogP contribution is -2.48. The van der Waals surface area contributed by atoms with Crippen LogP contribution in [-0.4, -0.2) is 47.9 Å². The smallest absolute Gasteiger partial charge is 0.254 e. The normalized spacial score (nSPS) is 17.2. The van der Waals surface area contributed by atoms with Crippen molar-refractivity contribution < 1.29 is 14.3 Å². The topological polar surface area (TPSA) is 49.9 Å². The second kappa shape index (κ2) is 10.0. The van der Waals surface area contributed by atoms with Crippen LogP contribution >= 0.6 is 11.3 Å². The molecule has 0 spiro atoms. The molecule has 2 heterocycles. The highest BCUT2D eigenvalue weighted by atomic mass is 32.1. The predicted octanol–water partition coefficient (Wildman–Crippen LogP) is 5.11. The Balaban J connectivity index is 1.34. The summed E-state index contributed by atoms with van der Waals surface area (Å²) in [6.07, 6.45) is 3.10. The minimum absolute atomic E-state index is 0.0137. The van der Waals surface area contributed by atoms with E-state index < -0.39 is 0 Å². The van der Waals surface area contributed by atoms with Gasteiger partial charge in [-0.3, -0.25) is 9.59 Å². The molecule has 0 unspecified atom stereocenters. The number of nitrogens with zero attached hydrogens (tertiary/aromatic N) is 2.